The molecule has 3 aromatic carbocycles. The van der Waals surface area contributed by atoms with Gasteiger partial charge in [-0.2, -0.15) is 0 Å². The molecule has 1 amide bonds. The number of hydrogen-bond donors (Lipinski definition) is 1. The van der Waals surface area contributed by atoms with Crippen LogP contribution in [0.1, 0.15) is 21.5 Å². The zero-order chi connectivity index (χ0) is 21.8. The predicted octanol–water partition coefficient (Wildman–Crippen LogP) is 5.24. The maximum Gasteiger partial charge on any atom is 0.343 e. The average molecular weight is 432 g/mol. The van der Waals surface area contributed by atoms with Gasteiger partial charge in [-0.05, 0) is 72.8 Å². The number of rotatable bonds is 4. The number of aliphatic imine (C=N–C) groups is 1. The molecule has 0 unspecified atom stereocenters. The van der Waals surface area contributed by atoms with Gasteiger partial charge in [0.15, 0.2) is 5.17 Å². The van der Waals surface area contributed by atoms with Crippen molar-refractivity contribution >= 4 is 40.6 Å². The van der Waals surface area contributed by atoms with Gasteiger partial charge in [0.1, 0.15) is 11.6 Å². The fourth-order valence-corrected chi connectivity index (χ4v) is 3.66. The number of amidine groups is 1. The van der Waals surface area contributed by atoms with Crippen LogP contribution in [0.25, 0.3) is 6.08 Å². The van der Waals surface area contributed by atoms with Gasteiger partial charge in [0, 0.05) is 0 Å². The SMILES string of the molecule is Cc1ccc(N=C2NC(=O)/C(=C/c3cccc(OC(=O)c4cccc(F)c4)c3)S2)cc1. The van der Waals surface area contributed by atoms with E-state index < -0.39 is 11.8 Å². The second kappa shape index (κ2) is 8.97. The topological polar surface area (TPSA) is 67.8 Å². The number of thioether (sulfide) groups is 1. The van der Waals surface area contributed by atoms with Crippen LogP contribution in [0.5, 0.6) is 5.75 Å². The van der Waals surface area contributed by atoms with Crippen LogP contribution < -0.4 is 10.1 Å². The number of benzene rings is 3. The van der Waals surface area contributed by atoms with Gasteiger partial charge in [0.25, 0.3) is 5.91 Å². The molecule has 1 N–H and O–H groups in total. The number of ether oxygens (including phenoxy) is 1. The summed E-state index contributed by atoms with van der Waals surface area (Å²) in [5, 5.41) is 3.24. The van der Waals surface area contributed by atoms with E-state index in [-0.39, 0.29) is 11.5 Å². The molecule has 1 aliphatic rings. The molecule has 4 rings (SSSR count). The van der Waals surface area contributed by atoms with Gasteiger partial charge in [-0.1, -0.05) is 35.9 Å². The molecular weight excluding hydrogens is 415 g/mol. The van der Waals surface area contributed by atoms with E-state index >= 15 is 0 Å². The number of esters is 1. The first kappa shape index (κ1) is 20.6. The maximum atomic E-state index is 13.3. The fourth-order valence-electron chi connectivity index (χ4n) is 2.82. The van der Waals surface area contributed by atoms with Gasteiger partial charge < -0.3 is 10.1 Å². The highest BCUT2D eigenvalue weighted by Gasteiger charge is 2.23. The lowest BCUT2D eigenvalue weighted by atomic mass is 10.2. The Kier molecular flexibility index (Phi) is 5.95. The van der Waals surface area contributed by atoms with Crippen molar-refractivity contribution in [1.29, 1.82) is 0 Å². The highest BCUT2D eigenvalue weighted by atomic mass is 32.2. The third-order valence-electron chi connectivity index (χ3n) is 4.34. The summed E-state index contributed by atoms with van der Waals surface area (Å²) in [5.41, 5.74) is 2.68. The maximum absolute atomic E-state index is 13.3. The monoisotopic (exact) mass is 432 g/mol. The molecule has 154 valence electrons. The van der Waals surface area contributed by atoms with Crippen LogP contribution in [0.4, 0.5) is 10.1 Å². The van der Waals surface area contributed by atoms with Crippen LogP contribution in [0.15, 0.2) is 82.7 Å². The van der Waals surface area contributed by atoms with E-state index in [1.54, 1.807) is 30.3 Å². The summed E-state index contributed by atoms with van der Waals surface area (Å²) in [6.07, 6.45) is 1.69. The van der Waals surface area contributed by atoms with Gasteiger partial charge in [0.2, 0.25) is 0 Å². The fraction of sp³-hybridized carbons (Fsp3) is 0.0417. The number of nitrogens with zero attached hydrogens (tertiary/aromatic N) is 1. The number of carbonyl (C=O) groups excluding carboxylic acids is 2. The van der Waals surface area contributed by atoms with Crippen LogP contribution in [-0.4, -0.2) is 17.0 Å². The number of carbonyl (C=O) groups is 2. The molecule has 0 spiro atoms. The molecule has 0 saturated carbocycles. The largest absolute Gasteiger partial charge is 0.423 e. The van der Waals surface area contributed by atoms with Crippen molar-refractivity contribution in [1.82, 2.24) is 5.32 Å². The molecule has 31 heavy (non-hydrogen) atoms. The summed E-state index contributed by atoms with van der Waals surface area (Å²) in [4.78, 5) is 29.5. The van der Waals surface area contributed by atoms with Crippen molar-refractivity contribution in [3.63, 3.8) is 0 Å². The molecule has 5 nitrogen and oxygen atoms in total. The summed E-state index contributed by atoms with van der Waals surface area (Å²) in [6, 6.07) is 19.7. The highest BCUT2D eigenvalue weighted by molar-refractivity contribution is 8.18. The normalized spacial score (nSPS) is 15.9. The third-order valence-corrected chi connectivity index (χ3v) is 5.25. The summed E-state index contributed by atoms with van der Waals surface area (Å²) < 4.78 is 18.6. The highest BCUT2D eigenvalue weighted by Crippen LogP contribution is 2.29. The Bertz CT molecular complexity index is 1220. The van der Waals surface area contributed by atoms with Crippen molar-refractivity contribution in [3.8, 4) is 5.75 Å². The molecule has 1 fully saturated rings. The van der Waals surface area contributed by atoms with Crippen LogP contribution in [0.3, 0.4) is 0 Å². The summed E-state index contributed by atoms with van der Waals surface area (Å²) in [7, 11) is 0. The lowest BCUT2D eigenvalue weighted by molar-refractivity contribution is -0.115. The van der Waals surface area contributed by atoms with E-state index in [0.717, 1.165) is 17.3 Å². The molecule has 1 heterocycles. The van der Waals surface area contributed by atoms with Gasteiger partial charge in [-0.25, -0.2) is 14.2 Å². The van der Waals surface area contributed by atoms with Gasteiger partial charge in [-0.15, -0.1) is 0 Å². The standard InChI is InChI=1S/C24H17FN2O3S/c1-15-8-10-19(11-9-15)26-24-27-22(28)21(31-24)13-16-4-2-7-20(12-16)30-23(29)17-5-3-6-18(25)14-17/h2-14H,1H3,(H,26,27,28)/b21-13-. The molecule has 0 aliphatic carbocycles. The second-order valence-corrected chi connectivity index (χ2v) is 7.82. The smallest absolute Gasteiger partial charge is 0.343 e. The number of halogens is 1. The summed E-state index contributed by atoms with van der Waals surface area (Å²) in [5.74, 6) is -1.14. The first-order valence-corrected chi connectivity index (χ1v) is 10.2. The van der Waals surface area contributed by atoms with Crippen molar-refractivity contribution < 1.29 is 18.7 Å². The van der Waals surface area contributed by atoms with Gasteiger partial charge in [-0.3, -0.25) is 4.79 Å². The van der Waals surface area contributed by atoms with E-state index in [0.29, 0.717) is 21.4 Å². The predicted molar refractivity (Wildman–Crippen MR) is 120 cm³/mol. The van der Waals surface area contributed by atoms with E-state index in [9.17, 15) is 14.0 Å². The van der Waals surface area contributed by atoms with Crippen molar-refractivity contribution in [3.05, 3.63) is 100 Å². The minimum atomic E-state index is -0.662. The molecular formula is C24H17FN2O3S. The Morgan fingerprint density at radius 1 is 1.06 bits per heavy atom. The Morgan fingerprint density at radius 3 is 2.61 bits per heavy atom. The molecule has 7 heteroatoms. The number of aryl methyl sites for hydroxylation is 1. The molecule has 1 aliphatic heterocycles. The van der Waals surface area contributed by atoms with E-state index in [1.165, 1.54) is 30.0 Å². The van der Waals surface area contributed by atoms with Crippen LogP contribution in [0.2, 0.25) is 0 Å². The van der Waals surface area contributed by atoms with Crippen molar-refractivity contribution in [2.45, 2.75) is 6.92 Å². The number of amides is 1. The first-order chi connectivity index (χ1) is 15.0. The molecule has 0 radical (unpaired) electrons. The Balaban J connectivity index is 1.49. The van der Waals surface area contributed by atoms with E-state index in [4.69, 9.17) is 4.74 Å². The first-order valence-electron chi connectivity index (χ1n) is 9.40. The van der Waals surface area contributed by atoms with Crippen LogP contribution in [-0.2, 0) is 4.79 Å². The Hall–Kier alpha value is -3.71. The van der Waals surface area contributed by atoms with Crippen LogP contribution >= 0.6 is 11.8 Å². The minimum absolute atomic E-state index is 0.117. The van der Waals surface area contributed by atoms with Crippen molar-refractivity contribution in [2.24, 2.45) is 4.99 Å². The molecule has 3 aromatic rings. The van der Waals surface area contributed by atoms with E-state index in [2.05, 4.69) is 10.3 Å². The third kappa shape index (κ3) is 5.26. The van der Waals surface area contributed by atoms with Gasteiger partial charge in [0.05, 0.1) is 16.2 Å². The second-order valence-electron chi connectivity index (χ2n) is 6.79. The zero-order valence-corrected chi connectivity index (χ0v) is 17.3. The molecule has 1 saturated heterocycles. The molecule has 0 bridgehead atoms. The summed E-state index contributed by atoms with van der Waals surface area (Å²) >= 11 is 1.23. The minimum Gasteiger partial charge on any atom is -0.423 e. The average Bonchev–Trinajstić information content (AvgIpc) is 3.08. The molecule has 0 aromatic heterocycles. The lowest BCUT2D eigenvalue weighted by Gasteiger charge is -2.05. The van der Waals surface area contributed by atoms with E-state index in [1.807, 2.05) is 31.2 Å². The Labute approximate surface area is 182 Å². The Morgan fingerprint density at radius 2 is 1.84 bits per heavy atom. The number of hydrogen-bond acceptors (Lipinski definition) is 5. The quantitative estimate of drug-likeness (QED) is 0.348. The van der Waals surface area contributed by atoms with Crippen molar-refractivity contribution in [2.75, 3.05) is 0 Å². The zero-order valence-electron chi connectivity index (χ0n) is 16.5. The van der Waals surface area contributed by atoms with Crippen LogP contribution in [0, 0.1) is 12.7 Å². The number of nitrogens with one attached hydrogen (secondary N) is 1. The van der Waals surface area contributed by atoms with Gasteiger partial charge >= 0.3 is 5.97 Å². The lowest BCUT2D eigenvalue weighted by Crippen LogP contribution is -2.19. The molecule has 0 atom stereocenters. The summed E-state index contributed by atoms with van der Waals surface area (Å²) in [6.45, 7) is 1.99.